The molecule has 0 atom stereocenters. The largest absolute Gasteiger partial charge is 0.436 e. The molecule has 0 spiro atoms. The van der Waals surface area contributed by atoms with Gasteiger partial charge in [-0.05, 0) is 43.8 Å². The highest BCUT2D eigenvalue weighted by Crippen LogP contribution is 2.29. The van der Waals surface area contributed by atoms with Crippen LogP contribution >= 0.6 is 11.8 Å². The number of nitrogen functional groups attached to an aromatic ring is 1. The zero-order valence-electron chi connectivity index (χ0n) is 8.65. The van der Waals surface area contributed by atoms with Gasteiger partial charge in [-0.15, -0.1) is 0 Å². The van der Waals surface area contributed by atoms with Gasteiger partial charge in [-0.1, -0.05) is 6.07 Å². The minimum Gasteiger partial charge on any atom is -0.436 e. The van der Waals surface area contributed by atoms with Crippen molar-refractivity contribution in [3.05, 3.63) is 35.7 Å². The van der Waals surface area contributed by atoms with Crippen LogP contribution in [0.2, 0.25) is 0 Å². The monoisotopic (exact) mass is 220 g/mol. The van der Waals surface area contributed by atoms with Crippen molar-refractivity contribution in [2.24, 2.45) is 0 Å². The van der Waals surface area contributed by atoms with E-state index in [-0.39, 0.29) is 0 Å². The van der Waals surface area contributed by atoms with Crippen molar-refractivity contribution >= 4 is 17.4 Å². The van der Waals surface area contributed by atoms with Crippen molar-refractivity contribution in [3.8, 4) is 0 Å². The highest BCUT2D eigenvalue weighted by atomic mass is 32.2. The third kappa shape index (κ3) is 2.33. The Morgan fingerprint density at radius 3 is 2.73 bits per heavy atom. The Balaban J connectivity index is 2.22. The summed E-state index contributed by atoms with van der Waals surface area (Å²) in [7, 11) is 0. The van der Waals surface area contributed by atoms with Crippen molar-refractivity contribution < 1.29 is 4.42 Å². The normalized spacial score (nSPS) is 10.5. The number of nitrogens with two attached hydrogens (primary N) is 1. The number of anilines is 1. The Morgan fingerprint density at radius 1 is 1.33 bits per heavy atom. The second kappa shape index (κ2) is 3.98. The maximum Gasteiger partial charge on any atom is 0.260 e. The molecule has 1 heterocycles. The van der Waals surface area contributed by atoms with E-state index in [0.29, 0.717) is 5.22 Å². The summed E-state index contributed by atoms with van der Waals surface area (Å²) in [6.07, 6.45) is 0. The SMILES string of the molecule is Cc1nc(Sc2cccc(N)c2)oc1C. The molecule has 0 aliphatic heterocycles. The summed E-state index contributed by atoms with van der Waals surface area (Å²) in [5.41, 5.74) is 7.36. The minimum atomic E-state index is 0.663. The van der Waals surface area contributed by atoms with Crippen molar-refractivity contribution in [3.63, 3.8) is 0 Å². The molecule has 0 saturated carbocycles. The summed E-state index contributed by atoms with van der Waals surface area (Å²) < 4.78 is 5.47. The smallest absolute Gasteiger partial charge is 0.260 e. The van der Waals surface area contributed by atoms with Gasteiger partial charge in [0.25, 0.3) is 5.22 Å². The first-order chi connectivity index (χ1) is 7.15. The molecule has 1 aromatic heterocycles. The number of oxazole rings is 1. The molecule has 15 heavy (non-hydrogen) atoms. The molecule has 4 heteroatoms. The van der Waals surface area contributed by atoms with E-state index in [9.17, 15) is 0 Å². The summed E-state index contributed by atoms with van der Waals surface area (Å²) in [4.78, 5) is 5.33. The zero-order chi connectivity index (χ0) is 10.8. The first kappa shape index (κ1) is 10.1. The van der Waals surface area contributed by atoms with E-state index >= 15 is 0 Å². The third-order valence-corrected chi connectivity index (χ3v) is 2.91. The highest BCUT2D eigenvalue weighted by Gasteiger charge is 2.07. The van der Waals surface area contributed by atoms with Crippen molar-refractivity contribution in [2.45, 2.75) is 24.0 Å². The summed E-state index contributed by atoms with van der Waals surface area (Å²) in [6.45, 7) is 3.84. The van der Waals surface area contributed by atoms with E-state index in [4.69, 9.17) is 10.2 Å². The van der Waals surface area contributed by atoms with E-state index < -0.39 is 0 Å². The molecule has 3 nitrogen and oxygen atoms in total. The molecule has 0 saturated heterocycles. The van der Waals surface area contributed by atoms with Crippen LogP contribution in [-0.4, -0.2) is 4.98 Å². The second-order valence-corrected chi connectivity index (χ2v) is 4.32. The average Bonchev–Trinajstić information content (AvgIpc) is 2.45. The Bertz CT molecular complexity index is 460. The van der Waals surface area contributed by atoms with Gasteiger partial charge in [-0.25, -0.2) is 4.98 Å². The lowest BCUT2D eigenvalue weighted by molar-refractivity contribution is 0.431. The summed E-state index contributed by atoms with van der Waals surface area (Å²) in [5.74, 6) is 0.862. The molecule has 1 aromatic carbocycles. The van der Waals surface area contributed by atoms with Crippen molar-refractivity contribution in [1.29, 1.82) is 0 Å². The lowest BCUT2D eigenvalue weighted by Crippen LogP contribution is -1.83. The molecule has 2 aromatic rings. The quantitative estimate of drug-likeness (QED) is 0.790. The van der Waals surface area contributed by atoms with Gasteiger partial charge in [0.05, 0.1) is 5.69 Å². The topological polar surface area (TPSA) is 52.0 Å². The fraction of sp³-hybridized carbons (Fsp3) is 0.182. The molecular formula is C11H12N2OS. The predicted octanol–water partition coefficient (Wildman–Crippen LogP) is 3.02. The van der Waals surface area contributed by atoms with Crippen LogP contribution in [-0.2, 0) is 0 Å². The molecule has 0 fully saturated rings. The highest BCUT2D eigenvalue weighted by molar-refractivity contribution is 7.99. The van der Waals surface area contributed by atoms with E-state index in [1.165, 1.54) is 11.8 Å². The maximum atomic E-state index is 5.68. The van der Waals surface area contributed by atoms with Crippen LogP contribution in [0.4, 0.5) is 5.69 Å². The lowest BCUT2D eigenvalue weighted by atomic mass is 10.3. The first-order valence-electron chi connectivity index (χ1n) is 4.62. The molecule has 0 radical (unpaired) electrons. The number of hydrogen-bond acceptors (Lipinski definition) is 4. The van der Waals surface area contributed by atoms with Crippen molar-refractivity contribution in [2.75, 3.05) is 5.73 Å². The predicted molar refractivity (Wildman–Crippen MR) is 61.0 cm³/mol. The molecule has 0 aliphatic rings. The van der Waals surface area contributed by atoms with Crippen LogP contribution in [0.3, 0.4) is 0 Å². The van der Waals surface area contributed by atoms with Gasteiger partial charge in [-0.3, -0.25) is 0 Å². The number of benzene rings is 1. The molecule has 0 bridgehead atoms. The third-order valence-electron chi connectivity index (χ3n) is 2.07. The molecule has 2 N–H and O–H groups in total. The molecule has 0 unspecified atom stereocenters. The van der Waals surface area contributed by atoms with Crippen LogP contribution in [0.15, 0.2) is 38.8 Å². The standard InChI is InChI=1S/C11H12N2OS/c1-7-8(2)14-11(13-7)15-10-5-3-4-9(12)6-10/h3-6H,12H2,1-2H3. The zero-order valence-corrected chi connectivity index (χ0v) is 9.47. The Labute approximate surface area is 92.7 Å². The Morgan fingerprint density at radius 2 is 2.13 bits per heavy atom. The number of aromatic nitrogens is 1. The molecule has 78 valence electrons. The van der Waals surface area contributed by atoms with Gasteiger partial charge < -0.3 is 10.2 Å². The van der Waals surface area contributed by atoms with E-state index in [1.807, 2.05) is 38.1 Å². The summed E-state index contributed by atoms with van der Waals surface area (Å²) in [5, 5.41) is 0.663. The average molecular weight is 220 g/mol. The van der Waals surface area contributed by atoms with E-state index in [0.717, 1.165) is 22.0 Å². The fourth-order valence-electron chi connectivity index (χ4n) is 1.17. The van der Waals surface area contributed by atoms with Crippen LogP contribution in [0.5, 0.6) is 0 Å². The molecule has 2 rings (SSSR count). The van der Waals surface area contributed by atoms with Gasteiger partial charge in [0.15, 0.2) is 0 Å². The number of nitrogens with zero attached hydrogens (tertiary/aromatic N) is 1. The van der Waals surface area contributed by atoms with Crippen LogP contribution < -0.4 is 5.73 Å². The number of aryl methyl sites for hydroxylation is 2. The van der Waals surface area contributed by atoms with Crippen LogP contribution in [0, 0.1) is 13.8 Å². The Hall–Kier alpha value is -1.42. The minimum absolute atomic E-state index is 0.663. The number of hydrogen-bond donors (Lipinski definition) is 1. The molecule has 0 amide bonds. The number of rotatable bonds is 2. The summed E-state index contributed by atoms with van der Waals surface area (Å²) in [6, 6.07) is 7.66. The van der Waals surface area contributed by atoms with Gasteiger partial charge in [0.2, 0.25) is 0 Å². The maximum absolute atomic E-state index is 5.68. The van der Waals surface area contributed by atoms with Gasteiger partial charge in [0, 0.05) is 10.6 Å². The Kier molecular flexibility index (Phi) is 2.68. The lowest BCUT2D eigenvalue weighted by Gasteiger charge is -1.97. The first-order valence-corrected chi connectivity index (χ1v) is 5.44. The second-order valence-electron chi connectivity index (χ2n) is 3.30. The molecular weight excluding hydrogens is 208 g/mol. The fourth-order valence-corrected chi connectivity index (χ4v) is 2.06. The van der Waals surface area contributed by atoms with Gasteiger partial charge in [-0.2, -0.15) is 0 Å². The van der Waals surface area contributed by atoms with Gasteiger partial charge in [0.1, 0.15) is 5.76 Å². The van der Waals surface area contributed by atoms with Gasteiger partial charge >= 0.3 is 0 Å². The van der Waals surface area contributed by atoms with E-state index in [1.54, 1.807) is 0 Å². The van der Waals surface area contributed by atoms with Crippen LogP contribution in [0.25, 0.3) is 0 Å². The summed E-state index contributed by atoms with van der Waals surface area (Å²) >= 11 is 1.48. The van der Waals surface area contributed by atoms with Crippen molar-refractivity contribution in [1.82, 2.24) is 4.98 Å². The van der Waals surface area contributed by atoms with E-state index in [2.05, 4.69) is 4.98 Å². The molecule has 0 aliphatic carbocycles. The van der Waals surface area contributed by atoms with Crippen LogP contribution in [0.1, 0.15) is 11.5 Å².